The smallest absolute Gasteiger partial charge is 0.264 e. The van der Waals surface area contributed by atoms with Crippen LogP contribution < -0.4 is 5.32 Å². The second-order valence-corrected chi connectivity index (χ2v) is 10.5. The van der Waals surface area contributed by atoms with Gasteiger partial charge in [0.05, 0.1) is 30.1 Å². The Morgan fingerprint density at radius 1 is 1.08 bits per heavy atom. The molecule has 0 spiro atoms. The molecule has 2 aromatic carbocycles. The van der Waals surface area contributed by atoms with Gasteiger partial charge in [-0.25, -0.2) is 0 Å². The fraction of sp³-hybridized carbons (Fsp3) is 0.200. The molecule has 1 heterocycles. The Labute approximate surface area is 220 Å². The van der Waals surface area contributed by atoms with Crippen molar-refractivity contribution in [3.05, 3.63) is 93.2 Å². The summed E-state index contributed by atoms with van der Waals surface area (Å²) in [7, 11) is -0.309. The molecule has 0 unspecified atom stereocenters. The highest BCUT2D eigenvalue weighted by atomic mass is 35.5. The van der Waals surface area contributed by atoms with E-state index in [1.54, 1.807) is 73.4 Å². The van der Waals surface area contributed by atoms with Gasteiger partial charge in [0.1, 0.15) is 0 Å². The molecule has 0 saturated carbocycles. The molecule has 0 saturated heterocycles. The molecule has 8 nitrogen and oxygen atoms in total. The van der Waals surface area contributed by atoms with Crippen molar-refractivity contribution < 1.29 is 22.2 Å². The Hall–Kier alpha value is -3.11. The van der Waals surface area contributed by atoms with E-state index in [9.17, 15) is 18.0 Å². The molecular formula is C25H25Cl2N3O5S. The van der Waals surface area contributed by atoms with Crippen molar-refractivity contribution in [2.75, 3.05) is 20.4 Å². The van der Waals surface area contributed by atoms with Crippen LogP contribution in [-0.2, 0) is 32.2 Å². The van der Waals surface area contributed by atoms with Gasteiger partial charge in [-0.2, -0.15) is 8.42 Å². The van der Waals surface area contributed by atoms with Gasteiger partial charge in [-0.1, -0.05) is 35.3 Å². The van der Waals surface area contributed by atoms with Crippen molar-refractivity contribution in [1.82, 2.24) is 14.8 Å². The van der Waals surface area contributed by atoms with E-state index in [1.165, 1.54) is 11.0 Å². The van der Waals surface area contributed by atoms with E-state index < -0.39 is 10.1 Å². The van der Waals surface area contributed by atoms with Crippen LogP contribution in [0.15, 0.2) is 60.8 Å². The lowest BCUT2D eigenvalue weighted by atomic mass is 10.1. The summed E-state index contributed by atoms with van der Waals surface area (Å²) in [5, 5.41) is 3.34. The van der Waals surface area contributed by atoms with E-state index in [1.807, 2.05) is 6.07 Å². The summed E-state index contributed by atoms with van der Waals surface area (Å²) in [6.07, 6.45) is 5.78. The van der Waals surface area contributed by atoms with Crippen LogP contribution in [0.3, 0.4) is 0 Å². The minimum absolute atomic E-state index is 0.0953. The zero-order valence-corrected chi connectivity index (χ0v) is 22.2. The van der Waals surface area contributed by atoms with Crippen LogP contribution in [0.4, 0.5) is 0 Å². The lowest BCUT2D eigenvalue weighted by molar-refractivity contribution is -0.116. The number of hydrogen-bond acceptors (Lipinski definition) is 5. The first-order chi connectivity index (χ1) is 17.0. The summed E-state index contributed by atoms with van der Waals surface area (Å²) in [5.74, 6) is -0.400. The molecular weight excluding hydrogens is 525 g/mol. The van der Waals surface area contributed by atoms with E-state index in [0.29, 0.717) is 16.8 Å². The van der Waals surface area contributed by atoms with Crippen LogP contribution in [0.25, 0.3) is 11.8 Å². The van der Waals surface area contributed by atoms with Gasteiger partial charge in [-0.05, 0) is 48.0 Å². The molecule has 0 aliphatic rings. The van der Waals surface area contributed by atoms with E-state index >= 15 is 0 Å². The normalized spacial score (nSPS) is 11.6. The van der Waals surface area contributed by atoms with Gasteiger partial charge in [0.25, 0.3) is 16.0 Å². The molecule has 0 aliphatic heterocycles. The molecule has 190 valence electrons. The highest BCUT2D eigenvalue weighted by molar-refractivity contribution is 7.85. The molecule has 1 N–H and O–H groups in total. The van der Waals surface area contributed by atoms with Crippen molar-refractivity contribution in [1.29, 1.82) is 0 Å². The number of aromatic nitrogens is 1. The maximum atomic E-state index is 12.4. The van der Waals surface area contributed by atoms with E-state index in [0.717, 1.165) is 17.5 Å². The van der Waals surface area contributed by atoms with Gasteiger partial charge < -0.3 is 14.8 Å². The Kier molecular flexibility index (Phi) is 8.97. The van der Waals surface area contributed by atoms with Crippen molar-refractivity contribution in [2.45, 2.75) is 13.2 Å². The average molecular weight is 550 g/mol. The van der Waals surface area contributed by atoms with Crippen LogP contribution >= 0.6 is 23.2 Å². The molecule has 3 aromatic rings. The van der Waals surface area contributed by atoms with Gasteiger partial charge in [-0.3, -0.25) is 13.8 Å². The Balaban J connectivity index is 1.69. The molecule has 36 heavy (non-hydrogen) atoms. The quantitative estimate of drug-likeness (QED) is 0.317. The number of nitrogens with one attached hydrogen (secondary N) is 1. The summed E-state index contributed by atoms with van der Waals surface area (Å²) >= 11 is 12.7. The van der Waals surface area contributed by atoms with Crippen molar-refractivity contribution in [3.63, 3.8) is 0 Å². The molecule has 3 rings (SSSR count). The first-order valence-corrected chi connectivity index (χ1v) is 13.3. The predicted octanol–water partition coefficient (Wildman–Crippen LogP) is 4.29. The van der Waals surface area contributed by atoms with E-state index in [-0.39, 0.29) is 35.0 Å². The highest BCUT2D eigenvalue weighted by Crippen LogP contribution is 2.32. The third kappa shape index (κ3) is 7.20. The van der Waals surface area contributed by atoms with Crippen LogP contribution in [-0.4, -0.2) is 50.1 Å². The SMILES string of the molecule is CN(C)C(=O)c1ccc(/C=C/C(=O)NCc2cccn2-c2ccc(Cl)c(COS(C)(=O)=O)c2Cl)cc1. The zero-order chi connectivity index (χ0) is 26.5. The topological polar surface area (TPSA) is 97.7 Å². The van der Waals surface area contributed by atoms with Crippen molar-refractivity contribution >= 4 is 51.2 Å². The van der Waals surface area contributed by atoms with E-state index in [4.69, 9.17) is 27.4 Å². The number of nitrogens with zero attached hydrogens (tertiary/aromatic N) is 2. The number of carbonyl (C=O) groups is 2. The van der Waals surface area contributed by atoms with Gasteiger partial charge in [-0.15, -0.1) is 0 Å². The number of hydrogen-bond donors (Lipinski definition) is 1. The Bertz CT molecular complexity index is 1400. The minimum Gasteiger partial charge on any atom is -0.347 e. The Morgan fingerprint density at radius 3 is 2.42 bits per heavy atom. The van der Waals surface area contributed by atoms with Gasteiger partial charge >= 0.3 is 0 Å². The summed E-state index contributed by atoms with van der Waals surface area (Å²) < 4.78 is 29.4. The molecule has 0 radical (unpaired) electrons. The van der Waals surface area contributed by atoms with Crippen LogP contribution in [0, 0.1) is 0 Å². The standard InChI is InChI=1S/C25H25Cl2N3O5S/c1-29(2)25(32)18-9-6-17(7-10-18)8-13-23(31)28-15-19-5-4-14-30(19)22-12-11-21(26)20(24(22)27)16-35-36(3,33)34/h4-14H,15-16H2,1-3H3,(H,28,31)/b13-8+. The molecule has 0 bridgehead atoms. The molecule has 2 amide bonds. The molecule has 0 aliphatic carbocycles. The fourth-order valence-electron chi connectivity index (χ4n) is 3.27. The van der Waals surface area contributed by atoms with Crippen LogP contribution in [0.2, 0.25) is 10.0 Å². The fourth-order valence-corrected chi connectivity index (χ4v) is 4.17. The van der Waals surface area contributed by atoms with E-state index in [2.05, 4.69) is 5.32 Å². The third-order valence-corrected chi connectivity index (χ3v) is 6.43. The number of rotatable bonds is 9. The minimum atomic E-state index is -3.68. The second kappa shape index (κ2) is 11.7. The van der Waals surface area contributed by atoms with Crippen molar-refractivity contribution in [3.8, 4) is 5.69 Å². The number of benzene rings is 2. The average Bonchev–Trinajstić information content (AvgIpc) is 3.28. The first kappa shape index (κ1) is 27.5. The highest BCUT2D eigenvalue weighted by Gasteiger charge is 2.16. The maximum Gasteiger partial charge on any atom is 0.264 e. The number of halogens is 2. The number of amides is 2. The molecule has 0 fully saturated rings. The molecule has 0 atom stereocenters. The summed E-state index contributed by atoms with van der Waals surface area (Å²) in [5.41, 5.74) is 2.98. The third-order valence-electron chi connectivity index (χ3n) is 5.11. The summed E-state index contributed by atoms with van der Waals surface area (Å²) in [6.45, 7) is -0.0899. The number of carbonyl (C=O) groups excluding carboxylic acids is 2. The lowest BCUT2D eigenvalue weighted by Gasteiger charge is -2.15. The predicted molar refractivity (Wildman–Crippen MR) is 141 cm³/mol. The molecule has 11 heteroatoms. The summed E-state index contributed by atoms with van der Waals surface area (Å²) in [6, 6.07) is 13.9. The summed E-state index contributed by atoms with van der Waals surface area (Å²) in [4.78, 5) is 25.9. The largest absolute Gasteiger partial charge is 0.347 e. The zero-order valence-electron chi connectivity index (χ0n) is 19.9. The molecule has 1 aromatic heterocycles. The van der Waals surface area contributed by atoms with Gasteiger partial charge in [0.15, 0.2) is 0 Å². The second-order valence-electron chi connectivity index (χ2n) is 8.07. The lowest BCUT2D eigenvalue weighted by Crippen LogP contribution is -2.22. The monoisotopic (exact) mass is 549 g/mol. The first-order valence-electron chi connectivity index (χ1n) is 10.7. The van der Waals surface area contributed by atoms with Gasteiger partial charge in [0, 0.05) is 48.2 Å². The van der Waals surface area contributed by atoms with Crippen molar-refractivity contribution in [2.24, 2.45) is 0 Å². The maximum absolute atomic E-state index is 12.4. The van der Waals surface area contributed by atoms with Crippen LogP contribution in [0.1, 0.15) is 27.2 Å². The van der Waals surface area contributed by atoms with Crippen LogP contribution in [0.5, 0.6) is 0 Å². The van der Waals surface area contributed by atoms with Gasteiger partial charge in [0.2, 0.25) is 5.91 Å². The Morgan fingerprint density at radius 2 is 1.78 bits per heavy atom.